The second kappa shape index (κ2) is 5.30. The van der Waals surface area contributed by atoms with E-state index in [1.165, 1.54) is 23.5 Å². The van der Waals surface area contributed by atoms with Crippen molar-refractivity contribution in [1.29, 1.82) is 0 Å². The van der Waals surface area contributed by atoms with E-state index in [0.29, 0.717) is 9.81 Å². The van der Waals surface area contributed by atoms with Crippen LogP contribution in [0.1, 0.15) is 20.7 Å². The maximum absolute atomic E-state index is 12.3. The lowest BCUT2D eigenvalue weighted by molar-refractivity contribution is 0.103. The van der Waals surface area contributed by atoms with Gasteiger partial charge in [-0.1, -0.05) is 47.8 Å². The largest absolute Gasteiger partial charge is 0.288 e. The van der Waals surface area contributed by atoms with Gasteiger partial charge >= 0.3 is 0 Å². The second-order valence-electron chi connectivity index (χ2n) is 4.92. The van der Waals surface area contributed by atoms with E-state index >= 15 is 0 Å². The third-order valence-electron chi connectivity index (χ3n) is 3.54. The monoisotopic (exact) mass is 322 g/mol. The number of benzene rings is 2. The first-order chi connectivity index (χ1) is 10.7. The molecule has 4 heteroatoms. The Kier molecular flexibility index (Phi) is 3.28. The lowest BCUT2D eigenvalue weighted by Crippen LogP contribution is -1.95. The molecule has 2 nitrogen and oxygen atoms in total. The molecule has 0 amide bonds. The van der Waals surface area contributed by atoms with Crippen molar-refractivity contribution in [2.24, 2.45) is 0 Å². The van der Waals surface area contributed by atoms with E-state index in [2.05, 4.69) is 0 Å². The normalized spacial score (nSPS) is 19.8. The predicted octanol–water partition coefficient (Wildman–Crippen LogP) is 4.73. The Morgan fingerprint density at radius 1 is 0.636 bits per heavy atom. The van der Waals surface area contributed by atoms with E-state index < -0.39 is 0 Å². The highest BCUT2D eigenvalue weighted by Gasteiger charge is 2.27. The minimum atomic E-state index is 0.0328. The van der Waals surface area contributed by atoms with Crippen molar-refractivity contribution in [2.75, 3.05) is 0 Å². The van der Waals surface area contributed by atoms with Crippen molar-refractivity contribution < 1.29 is 9.59 Å². The van der Waals surface area contributed by atoms with Crippen LogP contribution >= 0.6 is 23.5 Å². The summed E-state index contributed by atoms with van der Waals surface area (Å²) in [5.41, 5.74) is 1.48. The first-order valence-electron chi connectivity index (χ1n) is 6.79. The van der Waals surface area contributed by atoms with Crippen LogP contribution in [0.2, 0.25) is 0 Å². The summed E-state index contributed by atoms with van der Waals surface area (Å²) in [6.07, 6.45) is 3.53. The zero-order valence-electron chi connectivity index (χ0n) is 11.4. The smallest absolute Gasteiger partial charge is 0.200 e. The van der Waals surface area contributed by atoms with Gasteiger partial charge in [-0.15, -0.1) is 0 Å². The van der Waals surface area contributed by atoms with Gasteiger partial charge in [0.1, 0.15) is 0 Å². The Labute approximate surface area is 136 Å². The molecule has 0 saturated heterocycles. The van der Waals surface area contributed by atoms with E-state index in [1.807, 2.05) is 48.5 Å². The molecule has 0 bridgehead atoms. The van der Waals surface area contributed by atoms with Crippen LogP contribution in [0.25, 0.3) is 0 Å². The van der Waals surface area contributed by atoms with Gasteiger partial charge in [0.15, 0.2) is 0 Å². The maximum atomic E-state index is 12.3. The molecule has 0 spiro atoms. The molecule has 2 aliphatic heterocycles. The minimum absolute atomic E-state index is 0.0328. The van der Waals surface area contributed by atoms with Gasteiger partial charge in [0.2, 0.25) is 11.6 Å². The number of Topliss-reactive ketones (excluding diaryl/α,β-unsaturated/α-hetero) is 2. The predicted molar refractivity (Wildman–Crippen MR) is 89.4 cm³/mol. The molecule has 0 fully saturated rings. The Balaban J connectivity index is 1.64. The molecule has 2 aliphatic rings. The SMILES string of the molecule is O=C1C(=CC=C2Sc3ccccc3C2=O)Sc2ccccc21. The highest BCUT2D eigenvalue weighted by Crippen LogP contribution is 2.42. The molecule has 2 aromatic carbocycles. The van der Waals surface area contributed by atoms with E-state index in [9.17, 15) is 9.59 Å². The molecule has 2 aromatic rings. The van der Waals surface area contributed by atoms with Crippen molar-refractivity contribution in [3.05, 3.63) is 81.6 Å². The van der Waals surface area contributed by atoms with Gasteiger partial charge in [-0.25, -0.2) is 0 Å². The molecule has 0 atom stereocenters. The van der Waals surface area contributed by atoms with Crippen LogP contribution in [0.15, 0.2) is 80.3 Å². The Hall–Kier alpha value is -2.04. The van der Waals surface area contributed by atoms with Gasteiger partial charge in [0, 0.05) is 20.9 Å². The van der Waals surface area contributed by atoms with Crippen molar-refractivity contribution in [2.45, 2.75) is 9.79 Å². The standard InChI is InChI=1S/C18H10O2S2/c19-17-11-5-1-3-7-13(11)21-15(17)9-10-16-18(20)12-6-2-4-8-14(12)22-16/h1-10H. The zero-order chi connectivity index (χ0) is 15.1. The number of fused-ring (bicyclic) bond motifs is 2. The third kappa shape index (κ3) is 2.16. The Bertz CT molecular complexity index is 805. The van der Waals surface area contributed by atoms with Gasteiger partial charge in [-0.3, -0.25) is 9.59 Å². The molecule has 106 valence electrons. The van der Waals surface area contributed by atoms with Gasteiger partial charge in [-0.05, 0) is 36.4 Å². The van der Waals surface area contributed by atoms with Gasteiger partial charge in [-0.2, -0.15) is 0 Å². The Morgan fingerprint density at radius 2 is 1.05 bits per heavy atom. The quantitative estimate of drug-likeness (QED) is 0.711. The van der Waals surface area contributed by atoms with Crippen molar-refractivity contribution in [1.82, 2.24) is 0 Å². The lowest BCUT2D eigenvalue weighted by atomic mass is 10.1. The van der Waals surface area contributed by atoms with Crippen molar-refractivity contribution >= 4 is 35.1 Å². The molecule has 0 radical (unpaired) electrons. The summed E-state index contributed by atoms with van der Waals surface area (Å²) in [4.78, 5) is 27.9. The van der Waals surface area contributed by atoms with Crippen LogP contribution in [0, 0.1) is 0 Å². The summed E-state index contributed by atoms with van der Waals surface area (Å²) in [6.45, 7) is 0. The molecule has 0 N–H and O–H groups in total. The fourth-order valence-electron chi connectivity index (χ4n) is 2.45. The summed E-state index contributed by atoms with van der Waals surface area (Å²) in [5.74, 6) is 0.0656. The minimum Gasteiger partial charge on any atom is -0.288 e. The number of thioether (sulfide) groups is 2. The van der Waals surface area contributed by atoms with Crippen LogP contribution in [0.3, 0.4) is 0 Å². The van der Waals surface area contributed by atoms with Crippen LogP contribution < -0.4 is 0 Å². The first kappa shape index (κ1) is 13.6. The van der Waals surface area contributed by atoms with Gasteiger partial charge < -0.3 is 0 Å². The Morgan fingerprint density at radius 3 is 1.45 bits per heavy atom. The summed E-state index contributed by atoms with van der Waals surface area (Å²) in [5, 5.41) is 0. The fraction of sp³-hybridized carbons (Fsp3) is 0. The fourth-order valence-corrected chi connectivity index (χ4v) is 4.44. The molecular formula is C18H10O2S2. The number of rotatable bonds is 1. The third-order valence-corrected chi connectivity index (χ3v) is 5.77. The molecule has 2 heterocycles. The summed E-state index contributed by atoms with van der Waals surface area (Å²) in [7, 11) is 0. The lowest BCUT2D eigenvalue weighted by Gasteiger charge is -1.93. The molecule has 0 saturated carbocycles. The summed E-state index contributed by atoms with van der Waals surface area (Å²) >= 11 is 2.92. The molecule has 0 unspecified atom stereocenters. The van der Waals surface area contributed by atoms with Gasteiger partial charge in [0.05, 0.1) is 9.81 Å². The number of allylic oxidation sites excluding steroid dienone is 4. The van der Waals surface area contributed by atoms with Gasteiger partial charge in [0.25, 0.3) is 0 Å². The topological polar surface area (TPSA) is 34.1 Å². The zero-order valence-corrected chi connectivity index (χ0v) is 13.0. The number of ketones is 2. The number of carbonyl (C=O) groups excluding carboxylic acids is 2. The molecule has 22 heavy (non-hydrogen) atoms. The summed E-state index contributed by atoms with van der Waals surface area (Å²) in [6, 6.07) is 15.1. The van der Waals surface area contributed by atoms with Crippen molar-refractivity contribution in [3.8, 4) is 0 Å². The molecular weight excluding hydrogens is 312 g/mol. The van der Waals surface area contributed by atoms with E-state index in [-0.39, 0.29) is 11.6 Å². The maximum Gasteiger partial charge on any atom is 0.200 e. The van der Waals surface area contributed by atoms with Crippen molar-refractivity contribution in [3.63, 3.8) is 0 Å². The molecule has 0 aromatic heterocycles. The average Bonchev–Trinajstić information content (AvgIpc) is 3.04. The average molecular weight is 322 g/mol. The van der Waals surface area contributed by atoms with Crippen LogP contribution in [-0.4, -0.2) is 11.6 Å². The second-order valence-corrected chi connectivity index (χ2v) is 7.08. The first-order valence-corrected chi connectivity index (χ1v) is 8.42. The van der Waals surface area contributed by atoms with E-state index in [0.717, 1.165) is 20.9 Å². The number of hydrogen-bond acceptors (Lipinski definition) is 4. The highest BCUT2D eigenvalue weighted by atomic mass is 32.2. The van der Waals surface area contributed by atoms with E-state index in [1.54, 1.807) is 12.2 Å². The summed E-state index contributed by atoms with van der Waals surface area (Å²) < 4.78 is 0. The van der Waals surface area contributed by atoms with Crippen LogP contribution in [0.4, 0.5) is 0 Å². The van der Waals surface area contributed by atoms with E-state index in [4.69, 9.17) is 0 Å². The van der Waals surface area contributed by atoms with Crippen LogP contribution in [0.5, 0.6) is 0 Å². The number of carbonyl (C=O) groups is 2. The van der Waals surface area contributed by atoms with Crippen LogP contribution in [-0.2, 0) is 0 Å². The molecule has 0 aliphatic carbocycles. The number of hydrogen-bond donors (Lipinski definition) is 0. The molecule has 4 rings (SSSR count). The highest BCUT2D eigenvalue weighted by molar-refractivity contribution is 8.05.